The molecule has 1 aromatic heterocycles. The van der Waals surface area contributed by atoms with E-state index in [2.05, 4.69) is 20.7 Å². The first kappa shape index (κ1) is 15.0. The van der Waals surface area contributed by atoms with Crippen molar-refractivity contribution in [2.75, 3.05) is 0 Å². The minimum atomic E-state index is -0.518. The predicted molar refractivity (Wildman–Crippen MR) is 77.3 cm³/mol. The maximum Gasteiger partial charge on any atom is 0.407 e. The van der Waals surface area contributed by atoms with E-state index >= 15 is 0 Å². The van der Waals surface area contributed by atoms with E-state index in [4.69, 9.17) is 4.74 Å². The predicted octanol–water partition coefficient (Wildman–Crippen LogP) is 1.90. The number of aryl methyl sites for hydroxylation is 1. The molecule has 112 valence electrons. The van der Waals surface area contributed by atoms with Crippen LogP contribution in [0.4, 0.5) is 4.79 Å². The molecule has 0 spiro atoms. The first-order chi connectivity index (χ1) is 9.85. The molecule has 2 rings (SSSR count). The number of ether oxygens (including phenoxy) is 1. The lowest BCUT2D eigenvalue weighted by molar-refractivity contribution is 0.0523. The molecule has 0 aliphatic rings. The zero-order chi connectivity index (χ0) is 15.5. The number of carbonyl (C=O) groups is 1. The second-order valence-corrected chi connectivity index (χ2v) is 5.62. The highest BCUT2D eigenvalue weighted by Crippen LogP contribution is 2.19. The molecule has 0 fully saturated rings. The minimum absolute atomic E-state index is 0.337. The number of amides is 1. The number of hydrogen-bond donors (Lipinski definition) is 1. The van der Waals surface area contributed by atoms with Gasteiger partial charge in [0.2, 0.25) is 5.82 Å². The highest BCUT2D eigenvalue weighted by atomic mass is 16.6. The average molecular weight is 289 g/mol. The summed E-state index contributed by atoms with van der Waals surface area (Å²) in [5.41, 5.74) is 1.22. The van der Waals surface area contributed by atoms with Crippen molar-refractivity contribution in [2.45, 2.75) is 32.9 Å². The van der Waals surface area contributed by atoms with E-state index < -0.39 is 11.7 Å². The molecule has 1 aromatic carbocycles. The fraction of sp³-hybridized carbons (Fsp3) is 0.429. The lowest BCUT2D eigenvalue weighted by Crippen LogP contribution is -2.32. The van der Waals surface area contributed by atoms with E-state index in [1.807, 2.05) is 45.0 Å². The highest BCUT2D eigenvalue weighted by molar-refractivity contribution is 5.68. The highest BCUT2D eigenvalue weighted by Gasteiger charge is 2.16. The quantitative estimate of drug-likeness (QED) is 0.933. The number of tetrazole rings is 1. The zero-order valence-corrected chi connectivity index (χ0v) is 12.6. The van der Waals surface area contributed by atoms with Crippen molar-refractivity contribution in [2.24, 2.45) is 7.05 Å². The fourth-order valence-corrected chi connectivity index (χ4v) is 1.77. The van der Waals surface area contributed by atoms with Crippen molar-refractivity contribution in [1.82, 2.24) is 25.5 Å². The van der Waals surface area contributed by atoms with Gasteiger partial charge in [0, 0.05) is 12.1 Å². The van der Waals surface area contributed by atoms with Crippen molar-refractivity contribution in [1.29, 1.82) is 0 Å². The summed E-state index contributed by atoms with van der Waals surface area (Å²) in [7, 11) is 1.71. The van der Waals surface area contributed by atoms with E-state index in [9.17, 15) is 4.79 Å². The number of nitrogens with one attached hydrogen (secondary N) is 1. The van der Waals surface area contributed by atoms with Crippen LogP contribution in [0.5, 0.6) is 0 Å². The Morgan fingerprint density at radius 2 is 2.05 bits per heavy atom. The van der Waals surface area contributed by atoms with Crippen LogP contribution in [-0.2, 0) is 18.3 Å². The van der Waals surface area contributed by atoms with Gasteiger partial charge in [-0.2, -0.15) is 4.80 Å². The maximum absolute atomic E-state index is 11.7. The number of hydrogen-bond acceptors (Lipinski definition) is 5. The monoisotopic (exact) mass is 289 g/mol. The Hall–Kier alpha value is -2.44. The van der Waals surface area contributed by atoms with Crippen LogP contribution in [0.3, 0.4) is 0 Å². The van der Waals surface area contributed by atoms with Crippen LogP contribution in [0.25, 0.3) is 11.4 Å². The smallest absolute Gasteiger partial charge is 0.407 e. The van der Waals surface area contributed by atoms with Gasteiger partial charge in [0.15, 0.2) is 0 Å². The Labute approximate surface area is 123 Å². The van der Waals surface area contributed by atoms with Gasteiger partial charge in [-0.15, -0.1) is 10.2 Å². The molecule has 1 N–H and O–H groups in total. The summed E-state index contributed by atoms with van der Waals surface area (Å²) >= 11 is 0. The van der Waals surface area contributed by atoms with Gasteiger partial charge < -0.3 is 10.1 Å². The normalized spacial score (nSPS) is 11.2. The van der Waals surface area contributed by atoms with Crippen molar-refractivity contribution < 1.29 is 9.53 Å². The Kier molecular flexibility index (Phi) is 4.21. The maximum atomic E-state index is 11.7. The SMILES string of the molecule is Cn1nnc(-c2ccccc2CNC(=O)OC(C)(C)C)n1. The molecule has 0 saturated carbocycles. The molecule has 1 amide bonds. The second-order valence-electron chi connectivity index (χ2n) is 5.62. The van der Waals surface area contributed by atoms with E-state index in [-0.39, 0.29) is 0 Å². The number of carbonyl (C=O) groups excluding carboxylic acids is 1. The third-order valence-corrected chi connectivity index (χ3v) is 2.59. The first-order valence-electron chi connectivity index (χ1n) is 6.64. The van der Waals surface area contributed by atoms with Gasteiger partial charge in [-0.05, 0) is 31.5 Å². The Bertz CT molecular complexity index is 630. The number of nitrogens with zero attached hydrogens (tertiary/aromatic N) is 4. The van der Waals surface area contributed by atoms with Gasteiger partial charge in [0.25, 0.3) is 0 Å². The van der Waals surface area contributed by atoms with E-state index in [1.165, 1.54) is 4.80 Å². The minimum Gasteiger partial charge on any atom is -0.444 e. The van der Waals surface area contributed by atoms with Gasteiger partial charge in [0.1, 0.15) is 5.60 Å². The van der Waals surface area contributed by atoms with Gasteiger partial charge >= 0.3 is 6.09 Å². The van der Waals surface area contributed by atoms with Crippen LogP contribution in [0.1, 0.15) is 26.3 Å². The van der Waals surface area contributed by atoms with Gasteiger partial charge in [-0.25, -0.2) is 4.79 Å². The molecule has 0 radical (unpaired) electrons. The summed E-state index contributed by atoms with van der Waals surface area (Å²) < 4.78 is 5.21. The zero-order valence-electron chi connectivity index (χ0n) is 12.6. The van der Waals surface area contributed by atoms with E-state index in [1.54, 1.807) is 7.05 Å². The molecule has 0 unspecified atom stereocenters. The molecule has 0 bridgehead atoms. The van der Waals surface area contributed by atoms with Crippen LogP contribution < -0.4 is 5.32 Å². The molecule has 1 heterocycles. The molecule has 21 heavy (non-hydrogen) atoms. The number of aromatic nitrogens is 4. The molecule has 0 saturated heterocycles. The van der Waals surface area contributed by atoms with E-state index in [0.717, 1.165) is 11.1 Å². The van der Waals surface area contributed by atoms with Crippen LogP contribution in [0, 0.1) is 0 Å². The third kappa shape index (κ3) is 4.27. The number of rotatable bonds is 3. The van der Waals surface area contributed by atoms with Gasteiger partial charge in [-0.1, -0.05) is 24.3 Å². The molecular weight excluding hydrogens is 270 g/mol. The molecular formula is C14H19N5O2. The standard InChI is InChI=1S/C14H19N5O2/c1-14(2,3)21-13(20)15-9-10-7-5-6-8-11(10)12-16-18-19(4)17-12/h5-8H,9H2,1-4H3,(H,15,20). The van der Waals surface area contributed by atoms with Crippen LogP contribution in [0.2, 0.25) is 0 Å². The van der Waals surface area contributed by atoms with Crippen molar-refractivity contribution >= 4 is 6.09 Å². The van der Waals surface area contributed by atoms with Crippen molar-refractivity contribution in [3.63, 3.8) is 0 Å². The number of benzene rings is 1. The second kappa shape index (κ2) is 5.90. The number of alkyl carbamates (subject to hydrolysis) is 1. The summed E-state index contributed by atoms with van der Waals surface area (Å²) in [5.74, 6) is 0.527. The van der Waals surface area contributed by atoms with Gasteiger partial charge in [-0.3, -0.25) is 0 Å². The Morgan fingerprint density at radius 3 is 2.67 bits per heavy atom. The molecule has 0 aliphatic carbocycles. The summed E-state index contributed by atoms with van der Waals surface area (Å²) in [4.78, 5) is 13.1. The van der Waals surface area contributed by atoms with E-state index in [0.29, 0.717) is 12.4 Å². The fourth-order valence-electron chi connectivity index (χ4n) is 1.77. The van der Waals surface area contributed by atoms with Crippen molar-refractivity contribution in [3.05, 3.63) is 29.8 Å². The Morgan fingerprint density at radius 1 is 1.33 bits per heavy atom. The molecule has 7 nitrogen and oxygen atoms in total. The van der Waals surface area contributed by atoms with Crippen LogP contribution >= 0.6 is 0 Å². The van der Waals surface area contributed by atoms with Crippen LogP contribution in [0.15, 0.2) is 24.3 Å². The third-order valence-electron chi connectivity index (χ3n) is 2.59. The Balaban J connectivity index is 2.09. The largest absolute Gasteiger partial charge is 0.444 e. The lowest BCUT2D eigenvalue weighted by atomic mass is 10.1. The molecule has 0 atom stereocenters. The molecule has 7 heteroatoms. The summed E-state index contributed by atoms with van der Waals surface area (Å²) in [5, 5.41) is 14.7. The van der Waals surface area contributed by atoms with Crippen molar-refractivity contribution in [3.8, 4) is 11.4 Å². The topological polar surface area (TPSA) is 81.9 Å². The van der Waals surface area contributed by atoms with Crippen LogP contribution in [-0.4, -0.2) is 31.9 Å². The summed E-state index contributed by atoms with van der Waals surface area (Å²) in [6, 6.07) is 7.58. The van der Waals surface area contributed by atoms with Gasteiger partial charge in [0.05, 0.1) is 7.05 Å². The molecule has 0 aliphatic heterocycles. The lowest BCUT2D eigenvalue weighted by Gasteiger charge is -2.19. The first-order valence-corrected chi connectivity index (χ1v) is 6.64. The summed E-state index contributed by atoms with van der Waals surface area (Å²) in [6.45, 7) is 5.81. The summed E-state index contributed by atoms with van der Waals surface area (Å²) in [6.07, 6.45) is -0.454. The molecule has 2 aromatic rings. The average Bonchev–Trinajstić information content (AvgIpc) is 2.81.